The van der Waals surface area contributed by atoms with Crippen LogP contribution in [0, 0.1) is 6.92 Å². The van der Waals surface area contributed by atoms with E-state index in [1.54, 1.807) is 6.20 Å². The first-order chi connectivity index (χ1) is 12.7. The second-order valence-electron chi connectivity index (χ2n) is 6.03. The fraction of sp³-hybridized carbons (Fsp3) is 0.300. The minimum Gasteiger partial charge on any atom is -0.357 e. The summed E-state index contributed by atoms with van der Waals surface area (Å²) in [6, 6.07) is 14.7. The molecule has 3 rings (SSSR count). The predicted octanol–water partition coefficient (Wildman–Crippen LogP) is 4.17. The first kappa shape index (κ1) is 21.4. The molecule has 2 aromatic heterocycles. The van der Waals surface area contributed by atoms with Crippen molar-refractivity contribution in [3.8, 4) is 0 Å². The highest BCUT2D eigenvalue weighted by atomic mass is 127. The van der Waals surface area contributed by atoms with Gasteiger partial charge in [-0.05, 0) is 43.2 Å². The van der Waals surface area contributed by atoms with Crippen LogP contribution < -0.4 is 10.6 Å². The normalized spacial score (nSPS) is 11.1. The fourth-order valence-corrected chi connectivity index (χ4v) is 3.52. The predicted molar refractivity (Wildman–Crippen MR) is 124 cm³/mol. The van der Waals surface area contributed by atoms with Crippen molar-refractivity contribution in [3.05, 3.63) is 75.7 Å². The van der Waals surface area contributed by atoms with E-state index in [4.69, 9.17) is 4.99 Å². The molecule has 27 heavy (non-hydrogen) atoms. The molecule has 0 fully saturated rings. The third-order valence-corrected chi connectivity index (χ3v) is 4.99. The molecule has 0 amide bonds. The number of nitrogens with zero attached hydrogens (tertiary/aromatic N) is 3. The van der Waals surface area contributed by atoms with Gasteiger partial charge >= 0.3 is 0 Å². The van der Waals surface area contributed by atoms with Gasteiger partial charge in [-0.1, -0.05) is 24.3 Å². The maximum atomic E-state index is 4.76. The second-order valence-corrected chi connectivity index (χ2v) is 7.41. The molecule has 0 unspecified atom stereocenters. The fourth-order valence-electron chi connectivity index (χ4n) is 2.69. The number of hydrogen-bond acceptors (Lipinski definition) is 3. The van der Waals surface area contributed by atoms with Crippen molar-refractivity contribution in [2.24, 2.45) is 4.99 Å². The zero-order valence-electron chi connectivity index (χ0n) is 15.7. The maximum Gasteiger partial charge on any atom is 0.191 e. The Hall–Kier alpha value is -1.87. The summed E-state index contributed by atoms with van der Waals surface area (Å²) >= 11 is 1.81. The molecule has 3 aromatic rings. The lowest BCUT2D eigenvalue weighted by Crippen LogP contribution is -2.36. The van der Waals surface area contributed by atoms with E-state index in [0.29, 0.717) is 6.54 Å². The molecule has 0 bridgehead atoms. The minimum atomic E-state index is 0. The average Bonchev–Trinajstić information content (AvgIpc) is 3.30. The Balaban J connectivity index is 0.00000261. The van der Waals surface area contributed by atoms with Gasteiger partial charge in [0.25, 0.3) is 0 Å². The monoisotopic (exact) mass is 495 g/mol. The Kier molecular flexibility index (Phi) is 8.80. The van der Waals surface area contributed by atoms with E-state index in [1.165, 1.54) is 20.9 Å². The number of hydrogen-bond donors (Lipinski definition) is 2. The molecule has 1 aromatic carbocycles. The molecule has 0 aliphatic heterocycles. The molecular formula is C20H26IN5S. The van der Waals surface area contributed by atoms with Crippen LogP contribution in [0.2, 0.25) is 0 Å². The van der Waals surface area contributed by atoms with Gasteiger partial charge in [0, 0.05) is 28.7 Å². The Labute approximate surface area is 181 Å². The number of thiophene rings is 1. The van der Waals surface area contributed by atoms with Gasteiger partial charge in [0.2, 0.25) is 0 Å². The molecule has 0 aliphatic carbocycles. The molecule has 0 saturated carbocycles. The molecule has 5 nitrogen and oxygen atoms in total. The number of benzene rings is 1. The van der Waals surface area contributed by atoms with Crippen LogP contribution in [0.3, 0.4) is 0 Å². The smallest absolute Gasteiger partial charge is 0.191 e. The average molecular weight is 495 g/mol. The molecule has 0 aliphatic rings. The lowest BCUT2D eigenvalue weighted by Gasteiger charge is -2.12. The van der Waals surface area contributed by atoms with E-state index in [-0.39, 0.29) is 24.0 Å². The third kappa shape index (κ3) is 6.66. The van der Waals surface area contributed by atoms with Crippen molar-refractivity contribution < 1.29 is 0 Å². The Bertz CT molecular complexity index is 842. The van der Waals surface area contributed by atoms with Gasteiger partial charge in [-0.3, -0.25) is 4.68 Å². The topological polar surface area (TPSA) is 54.2 Å². The van der Waals surface area contributed by atoms with Crippen LogP contribution in [0.25, 0.3) is 0 Å². The number of halogens is 1. The molecule has 2 heterocycles. The Morgan fingerprint density at radius 1 is 1.11 bits per heavy atom. The van der Waals surface area contributed by atoms with E-state index >= 15 is 0 Å². The van der Waals surface area contributed by atoms with E-state index in [0.717, 1.165) is 25.6 Å². The summed E-state index contributed by atoms with van der Waals surface area (Å²) in [4.78, 5) is 7.41. The van der Waals surface area contributed by atoms with Crippen molar-refractivity contribution >= 4 is 41.3 Å². The van der Waals surface area contributed by atoms with E-state index < -0.39 is 0 Å². The zero-order valence-corrected chi connectivity index (χ0v) is 18.8. The van der Waals surface area contributed by atoms with Crippen molar-refractivity contribution in [3.63, 3.8) is 0 Å². The van der Waals surface area contributed by atoms with Crippen molar-refractivity contribution in [1.29, 1.82) is 0 Å². The van der Waals surface area contributed by atoms with Crippen LogP contribution in [0.5, 0.6) is 0 Å². The number of aromatic nitrogens is 2. The van der Waals surface area contributed by atoms with Gasteiger partial charge in [-0.25, -0.2) is 4.99 Å². The highest BCUT2D eigenvalue weighted by molar-refractivity contribution is 14.0. The molecule has 0 saturated heterocycles. The van der Waals surface area contributed by atoms with E-state index in [1.807, 2.05) is 28.3 Å². The van der Waals surface area contributed by atoms with Crippen LogP contribution in [0.4, 0.5) is 0 Å². The van der Waals surface area contributed by atoms with Gasteiger partial charge < -0.3 is 10.6 Å². The highest BCUT2D eigenvalue weighted by Gasteiger charge is 2.04. The Morgan fingerprint density at radius 2 is 1.93 bits per heavy atom. The van der Waals surface area contributed by atoms with Crippen molar-refractivity contribution in [2.75, 3.05) is 6.54 Å². The van der Waals surface area contributed by atoms with Crippen LogP contribution in [0.15, 0.2) is 59.9 Å². The molecule has 7 heteroatoms. The van der Waals surface area contributed by atoms with Crippen LogP contribution in [-0.4, -0.2) is 22.3 Å². The zero-order chi connectivity index (χ0) is 18.2. The summed E-state index contributed by atoms with van der Waals surface area (Å²) in [5.74, 6) is 0.840. The number of guanidine groups is 1. The largest absolute Gasteiger partial charge is 0.357 e. The lowest BCUT2D eigenvalue weighted by molar-refractivity contribution is 0.680. The van der Waals surface area contributed by atoms with Crippen molar-refractivity contribution in [1.82, 2.24) is 20.4 Å². The molecular weight excluding hydrogens is 469 g/mol. The van der Waals surface area contributed by atoms with Gasteiger partial charge in [0.15, 0.2) is 5.96 Å². The lowest BCUT2D eigenvalue weighted by atomic mass is 10.1. The number of aliphatic imine (C=N–C) groups is 1. The van der Waals surface area contributed by atoms with Gasteiger partial charge in [-0.15, -0.1) is 35.3 Å². The SMILES string of the molecule is CCNC(=NCc1ccccc1Cn1cccn1)NCc1ccc(C)s1.I. The van der Waals surface area contributed by atoms with Gasteiger partial charge in [0.05, 0.1) is 19.6 Å². The van der Waals surface area contributed by atoms with Crippen LogP contribution in [-0.2, 0) is 19.6 Å². The molecule has 0 atom stereocenters. The van der Waals surface area contributed by atoms with Crippen LogP contribution >= 0.6 is 35.3 Å². The number of nitrogens with one attached hydrogen (secondary N) is 2. The summed E-state index contributed by atoms with van der Waals surface area (Å²) in [6.07, 6.45) is 3.79. The summed E-state index contributed by atoms with van der Waals surface area (Å²) in [7, 11) is 0. The second kappa shape index (κ2) is 11.1. The van der Waals surface area contributed by atoms with E-state index in [9.17, 15) is 0 Å². The van der Waals surface area contributed by atoms with Crippen molar-refractivity contribution in [2.45, 2.75) is 33.5 Å². The highest BCUT2D eigenvalue weighted by Crippen LogP contribution is 2.14. The summed E-state index contributed by atoms with van der Waals surface area (Å²) in [5.41, 5.74) is 2.46. The molecule has 0 spiro atoms. The third-order valence-electron chi connectivity index (χ3n) is 3.99. The number of aryl methyl sites for hydroxylation is 1. The first-order valence-electron chi connectivity index (χ1n) is 8.86. The quantitative estimate of drug-likeness (QED) is 0.294. The summed E-state index contributed by atoms with van der Waals surface area (Å²) in [5, 5.41) is 11.0. The summed E-state index contributed by atoms with van der Waals surface area (Å²) < 4.78 is 1.94. The standard InChI is InChI=1S/C20H25N5S.HI/c1-3-21-20(23-14-19-10-9-16(2)26-19)22-13-17-7-4-5-8-18(17)15-25-12-6-11-24-25;/h4-12H,3,13-15H2,1-2H3,(H2,21,22,23);1H. The molecule has 0 radical (unpaired) electrons. The van der Waals surface area contributed by atoms with Gasteiger partial charge in [0.1, 0.15) is 0 Å². The minimum absolute atomic E-state index is 0. The molecule has 2 N–H and O–H groups in total. The maximum absolute atomic E-state index is 4.76. The Morgan fingerprint density at radius 3 is 2.59 bits per heavy atom. The first-order valence-corrected chi connectivity index (χ1v) is 9.68. The number of rotatable bonds is 7. The van der Waals surface area contributed by atoms with Gasteiger partial charge in [-0.2, -0.15) is 5.10 Å². The van der Waals surface area contributed by atoms with E-state index in [2.05, 4.69) is 66.0 Å². The summed E-state index contributed by atoms with van der Waals surface area (Å²) in [6.45, 7) is 7.24. The van der Waals surface area contributed by atoms with Crippen LogP contribution in [0.1, 0.15) is 27.8 Å². The molecule has 144 valence electrons.